The highest BCUT2D eigenvalue weighted by molar-refractivity contribution is 5.89. The van der Waals surface area contributed by atoms with E-state index in [-0.39, 0.29) is 13.2 Å². The van der Waals surface area contributed by atoms with Crippen molar-refractivity contribution >= 4 is 11.9 Å². The van der Waals surface area contributed by atoms with Crippen molar-refractivity contribution < 1.29 is 19.1 Å². The number of hydrogen-bond donors (Lipinski definition) is 1. The van der Waals surface area contributed by atoms with Crippen molar-refractivity contribution in [2.45, 2.75) is 6.61 Å². The molecule has 1 amide bonds. The van der Waals surface area contributed by atoms with Gasteiger partial charge in [-0.15, -0.1) is 0 Å². The van der Waals surface area contributed by atoms with Crippen molar-refractivity contribution in [2.24, 2.45) is 5.73 Å². The van der Waals surface area contributed by atoms with Gasteiger partial charge in [0.1, 0.15) is 12.4 Å². The Balaban J connectivity index is 1.89. The molecule has 0 aromatic heterocycles. The van der Waals surface area contributed by atoms with Crippen LogP contribution in [0.3, 0.4) is 0 Å². The number of nitrogens with two attached hydrogens (primary N) is 1. The van der Waals surface area contributed by atoms with E-state index in [1.807, 2.05) is 30.3 Å². The summed E-state index contributed by atoms with van der Waals surface area (Å²) in [6.45, 7) is 0.0252. The van der Waals surface area contributed by atoms with E-state index < -0.39 is 11.9 Å². The molecule has 0 fully saturated rings. The Morgan fingerprint density at radius 2 is 1.62 bits per heavy atom. The number of benzene rings is 2. The summed E-state index contributed by atoms with van der Waals surface area (Å²) in [7, 11) is 0. The second-order valence-corrected chi connectivity index (χ2v) is 4.34. The molecule has 2 aromatic rings. The Morgan fingerprint density at radius 1 is 0.952 bits per heavy atom. The van der Waals surface area contributed by atoms with Gasteiger partial charge in [0.05, 0.1) is 5.56 Å². The molecule has 0 spiro atoms. The SMILES string of the molecule is NC(=O)COc1ccc(C(=O)OCc2ccccc2)cc1. The van der Waals surface area contributed by atoms with Crippen LogP contribution >= 0.6 is 0 Å². The molecule has 0 aliphatic rings. The first kappa shape index (κ1) is 14.6. The summed E-state index contributed by atoms with van der Waals surface area (Å²) >= 11 is 0. The highest BCUT2D eigenvalue weighted by Crippen LogP contribution is 2.13. The van der Waals surface area contributed by atoms with Crippen LogP contribution in [-0.4, -0.2) is 18.5 Å². The van der Waals surface area contributed by atoms with Crippen LogP contribution in [-0.2, 0) is 16.1 Å². The summed E-state index contributed by atoms with van der Waals surface area (Å²) in [5.41, 5.74) is 6.31. The number of carbonyl (C=O) groups is 2. The zero-order valence-electron chi connectivity index (χ0n) is 11.3. The first-order valence-electron chi connectivity index (χ1n) is 6.37. The summed E-state index contributed by atoms with van der Waals surface area (Å²) in [5.74, 6) is -0.505. The van der Waals surface area contributed by atoms with E-state index in [4.69, 9.17) is 15.2 Å². The molecule has 0 bridgehead atoms. The molecule has 2 N–H and O–H groups in total. The molecule has 2 rings (SSSR count). The average molecular weight is 285 g/mol. The predicted molar refractivity (Wildman–Crippen MR) is 76.7 cm³/mol. The molecular formula is C16H15NO4. The molecule has 0 heterocycles. The second kappa shape index (κ2) is 7.09. The van der Waals surface area contributed by atoms with Crippen LogP contribution in [0.4, 0.5) is 0 Å². The number of ether oxygens (including phenoxy) is 2. The topological polar surface area (TPSA) is 78.6 Å². The fraction of sp³-hybridized carbons (Fsp3) is 0.125. The second-order valence-electron chi connectivity index (χ2n) is 4.34. The zero-order chi connectivity index (χ0) is 15.1. The zero-order valence-corrected chi connectivity index (χ0v) is 11.3. The fourth-order valence-electron chi connectivity index (χ4n) is 1.65. The summed E-state index contributed by atoms with van der Waals surface area (Å²) < 4.78 is 10.3. The molecule has 108 valence electrons. The summed E-state index contributed by atoms with van der Waals surface area (Å²) in [6, 6.07) is 15.7. The number of amides is 1. The van der Waals surface area contributed by atoms with Gasteiger partial charge in [0.25, 0.3) is 5.91 Å². The van der Waals surface area contributed by atoms with Gasteiger partial charge in [0, 0.05) is 0 Å². The van der Waals surface area contributed by atoms with Crippen LogP contribution < -0.4 is 10.5 Å². The van der Waals surface area contributed by atoms with E-state index in [0.717, 1.165) is 5.56 Å². The van der Waals surface area contributed by atoms with E-state index in [1.165, 1.54) is 0 Å². The Hall–Kier alpha value is -2.82. The first-order valence-corrected chi connectivity index (χ1v) is 6.37. The Bertz CT molecular complexity index is 608. The van der Waals surface area contributed by atoms with Crippen LogP contribution in [0.25, 0.3) is 0 Å². The minimum absolute atomic E-state index is 0.197. The van der Waals surface area contributed by atoms with E-state index in [9.17, 15) is 9.59 Å². The first-order chi connectivity index (χ1) is 10.1. The molecule has 0 atom stereocenters. The lowest BCUT2D eigenvalue weighted by atomic mass is 10.2. The Labute approximate surface area is 122 Å². The van der Waals surface area contributed by atoms with Gasteiger partial charge in [-0.25, -0.2) is 4.79 Å². The molecule has 0 radical (unpaired) electrons. The van der Waals surface area contributed by atoms with Crippen LogP contribution in [0.15, 0.2) is 54.6 Å². The van der Waals surface area contributed by atoms with Gasteiger partial charge in [0.2, 0.25) is 0 Å². The van der Waals surface area contributed by atoms with Gasteiger partial charge >= 0.3 is 5.97 Å². The van der Waals surface area contributed by atoms with Crippen LogP contribution in [0.1, 0.15) is 15.9 Å². The van der Waals surface area contributed by atoms with E-state index in [1.54, 1.807) is 24.3 Å². The number of primary amides is 1. The van der Waals surface area contributed by atoms with Crippen molar-refractivity contribution in [3.63, 3.8) is 0 Å². The number of carbonyl (C=O) groups excluding carboxylic acids is 2. The maximum Gasteiger partial charge on any atom is 0.338 e. The maximum absolute atomic E-state index is 11.9. The summed E-state index contributed by atoms with van der Waals surface area (Å²) in [6.07, 6.45) is 0. The van der Waals surface area contributed by atoms with Crippen LogP contribution in [0, 0.1) is 0 Å². The molecule has 5 heteroatoms. The summed E-state index contributed by atoms with van der Waals surface area (Å²) in [4.78, 5) is 22.4. The standard InChI is InChI=1S/C16H15NO4/c17-15(18)11-20-14-8-6-13(7-9-14)16(19)21-10-12-4-2-1-3-5-12/h1-9H,10-11H2,(H2,17,18). The quantitative estimate of drug-likeness (QED) is 0.822. The van der Waals surface area contributed by atoms with Gasteiger partial charge in [-0.3, -0.25) is 4.79 Å². The lowest BCUT2D eigenvalue weighted by Gasteiger charge is -2.06. The van der Waals surface area contributed by atoms with Crippen molar-refractivity contribution in [1.82, 2.24) is 0 Å². The van der Waals surface area contributed by atoms with E-state index in [2.05, 4.69) is 0 Å². The van der Waals surface area contributed by atoms with Crippen molar-refractivity contribution in [1.29, 1.82) is 0 Å². The summed E-state index contributed by atoms with van der Waals surface area (Å²) in [5, 5.41) is 0. The third-order valence-electron chi connectivity index (χ3n) is 2.68. The van der Waals surface area contributed by atoms with Crippen LogP contribution in [0.2, 0.25) is 0 Å². The van der Waals surface area contributed by atoms with E-state index in [0.29, 0.717) is 11.3 Å². The van der Waals surface area contributed by atoms with Crippen molar-refractivity contribution in [3.8, 4) is 5.75 Å². The number of hydrogen-bond acceptors (Lipinski definition) is 4. The van der Waals surface area contributed by atoms with E-state index >= 15 is 0 Å². The third-order valence-corrected chi connectivity index (χ3v) is 2.68. The average Bonchev–Trinajstić information content (AvgIpc) is 2.52. The largest absolute Gasteiger partial charge is 0.484 e. The van der Waals surface area contributed by atoms with Gasteiger partial charge in [-0.2, -0.15) is 0 Å². The molecule has 0 saturated carbocycles. The van der Waals surface area contributed by atoms with Gasteiger partial charge < -0.3 is 15.2 Å². The Morgan fingerprint density at radius 3 is 2.24 bits per heavy atom. The predicted octanol–water partition coefficient (Wildman–Crippen LogP) is 1.91. The lowest BCUT2D eigenvalue weighted by molar-refractivity contribution is -0.119. The molecule has 21 heavy (non-hydrogen) atoms. The Kier molecular flexibility index (Phi) is 4.93. The number of esters is 1. The number of rotatable bonds is 6. The molecule has 0 aliphatic carbocycles. The molecule has 0 unspecified atom stereocenters. The lowest BCUT2D eigenvalue weighted by Crippen LogP contribution is -2.20. The normalized spacial score (nSPS) is 9.90. The van der Waals surface area contributed by atoms with Gasteiger partial charge in [0.15, 0.2) is 6.61 Å². The minimum atomic E-state index is -0.554. The highest BCUT2D eigenvalue weighted by atomic mass is 16.5. The van der Waals surface area contributed by atoms with Gasteiger partial charge in [-0.05, 0) is 29.8 Å². The molecule has 2 aromatic carbocycles. The smallest absolute Gasteiger partial charge is 0.338 e. The highest BCUT2D eigenvalue weighted by Gasteiger charge is 2.07. The molecule has 0 saturated heterocycles. The van der Waals surface area contributed by atoms with Gasteiger partial charge in [-0.1, -0.05) is 30.3 Å². The van der Waals surface area contributed by atoms with Crippen molar-refractivity contribution in [2.75, 3.05) is 6.61 Å². The molecular weight excluding hydrogens is 270 g/mol. The monoisotopic (exact) mass is 285 g/mol. The molecule has 0 aliphatic heterocycles. The van der Waals surface area contributed by atoms with Crippen LogP contribution in [0.5, 0.6) is 5.75 Å². The van der Waals surface area contributed by atoms with Crippen molar-refractivity contribution in [3.05, 3.63) is 65.7 Å². The molecule has 5 nitrogen and oxygen atoms in total. The minimum Gasteiger partial charge on any atom is -0.484 e. The fourth-order valence-corrected chi connectivity index (χ4v) is 1.65. The third kappa shape index (κ3) is 4.65. The maximum atomic E-state index is 11.9.